The molecule has 0 radical (unpaired) electrons. The Kier molecular flexibility index (Phi) is 5.34. The highest BCUT2D eigenvalue weighted by atomic mass is 16.5. The van der Waals surface area contributed by atoms with Crippen molar-refractivity contribution in [3.8, 4) is 0 Å². The van der Waals surface area contributed by atoms with Crippen molar-refractivity contribution in [2.45, 2.75) is 33.1 Å². The number of carbonyl (C=O) groups excluding carboxylic acids is 2. The highest BCUT2D eigenvalue weighted by Gasteiger charge is 2.17. The summed E-state index contributed by atoms with van der Waals surface area (Å²) in [6, 6.07) is 10.6. The zero-order chi connectivity index (χ0) is 17.7. The smallest absolute Gasteiger partial charge is 0.341 e. The fourth-order valence-electron chi connectivity index (χ4n) is 2.18. The van der Waals surface area contributed by atoms with Crippen molar-refractivity contribution in [3.05, 3.63) is 59.3 Å². The summed E-state index contributed by atoms with van der Waals surface area (Å²) in [6.07, 6.45) is 1.51. The molecule has 1 heterocycles. The second kappa shape index (κ2) is 7.25. The number of hydrogen-bond donors (Lipinski definition) is 1. The Morgan fingerprint density at radius 2 is 1.79 bits per heavy atom. The molecule has 0 saturated carbocycles. The molecule has 0 aliphatic rings. The summed E-state index contributed by atoms with van der Waals surface area (Å²) in [6.45, 7) is 8.32. The minimum absolute atomic E-state index is 0.0209. The third kappa shape index (κ3) is 4.19. The van der Waals surface area contributed by atoms with Crippen molar-refractivity contribution in [2.24, 2.45) is 0 Å². The van der Waals surface area contributed by atoms with Crippen LogP contribution in [0.2, 0.25) is 0 Å². The summed E-state index contributed by atoms with van der Waals surface area (Å²) >= 11 is 0. The fraction of sp³-hybridized carbons (Fsp3) is 0.316. The van der Waals surface area contributed by atoms with Gasteiger partial charge in [0.1, 0.15) is 11.4 Å². The maximum absolute atomic E-state index is 12.4. The maximum atomic E-state index is 12.4. The summed E-state index contributed by atoms with van der Waals surface area (Å²) in [5, 5.41) is 2.67. The standard InChI is InChI=1S/C19H22N2O3/c1-5-24-18(23)15-7-6-12-20-16(15)21-17(22)13-8-10-14(11-9-13)19(2,3)4/h6-12H,5H2,1-4H3,(H,20,21,22). The van der Waals surface area contributed by atoms with Crippen LogP contribution in [-0.4, -0.2) is 23.5 Å². The van der Waals surface area contributed by atoms with Gasteiger partial charge in [0.15, 0.2) is 0 Å². The van der Waals surface area contributed by atoms with Crippen molar-refractivity contribution < 1.29 is 14.3 Å². The lowest BCUT2D eigenvalue weighted by atomic mass is 9.87. The van der Waals surface area contributed by atoms with E-state index in [0.717, 1.165) is 5.56 Å². The number of rotatable bonds is 4. The number of aromatic nitrogens is 1. The first kappa shape index (κ1) is 17.7. The van der Waals surface area contributed by atoms with Crippen LogP contribution in [0.25, 0.3) is 0 Å². The molecule has 5 nitrogen and oxygen atoms in total. The zero-order valence-corrected chi connectivity index (χ0v) is 14.4. The normalized spacial score (nSPS) is 11.0. The summed E-state index contributed by atoms with van der Waals surface area (Å²) in [7, 11) is 0. The van der Waals surface area contributed by atoms with E-state index in [9.17, 15) is 9.59 Å². The molecule has 5 heteroatoms. The van der Waals surface area contributed by atoms with Crippen LogP contribution in [0.1, 0.15) is 54.0 Å². The van der Waals surface area contributed by atoms with Crippen LogP contribution in [0.5, 0.6) is 0 Å². The fourth-order valence-corrected chi connectivity index (χ4v) is 2.18. The van der Waals surface area contributed by atoms with Crippen molar-refractivity contribution in [2.75, 3.05) is 11.9 Å². The molecule has 0 bridgehead atoms. The molecule has 126 valence electrons. The van der Waals surface area contributed by atoms with Crippen LogP contribution >= 0.6 is 0 Å². The molecule has 0 aliphatic heterocycles. The second-order valence-corrected chi connectivity index (χ2v) is 6.40. The summed E-state index contributed by atoms with van der Waals surface area (Å²) in [5.74, 6) is -0.635. The van der Waals surface area contributed by atoms with E-state index in [1.54, 1.807) is 31.2 Å². The van der Waals surface area contributed by atoms with E-state index in [1.807, 2.05) is 12.1 Å². The lowest BCUT2D eigenvalue weighted by Gasteiger charge is -2.19. The molecule has 1 amide bonds. The van der Waals surface area contributed by atoms with Crippen LogP contribution in [-0.2, 0) is 10.2 Å². The average molecular weight is 326 g/mol. The summed E-state index contributed by atoms with van der Waals surface area (Å²) in [5.41, 5.74) is 1.90. The van der Waals surface area contributed by atoms with Gasteiger partial charge in [-0.3, -0.25) is 4.79 Å². The highest BCUT2D eigenvalue weighted by molar-refractivity contribution is 6.07. The van der Waals surface area contributed by atoms with Crippen LogP contribution in [0.15, 0.2) is 42.6 Å². The van der Waals surface area contributed by atoms with Gasteiger partial charge in [0, 0.05) is 11.8 Å². The van der Waals surface area contributed by atoms with Gasteiger partial charge in [-0.05, 0) is 42.2 Å². The zero-order valence-electron chi connectivity index (χ0n) is 14.4. The molecule has 0 atom stereocenters. The van der Waals surface area contributed by atoms with Gasteiger partial charge in [-0.25, -0.2) is 9.78 Å². The quantitative estimate of drug-likeness (QED) is 0.868. The molecule has 24 heavy (non-hydrogen) atoms. The van der Waals surface area contributed by atoms with E-state index in [1.165, 1.54) is 6.20 Å². The first-order chi connectivity index (χ1) is 11.3. The SMILES string of the molecule is CCOC(=O)c1cccnc1NC(=O)c1ccc(C(C)(C)C)cc1. The molecule has 2 rings (SSSR count). The number of hydrogen-bond acceptors (Lipinski definition) is 4. The molecule has 1 aromatic heterocycles. The van der Waals surface area contributed by atoms with Gasteiger partial charge in [-0.15, -0.1) is 0 Å². The maximum Gasteiger partial charge on any atom is 0.341 e. The topological polar surface area (TPSA) is 68.3 Å². The molecule has 0 fully saturated rings. The predicted molar refractivity (Wildman–Crippen MR) is 93.3 cm³/mol. The number of nitrogens with one attached hydrogen (secondary N) is 1. The average Bonchev–Trinajstić information content (AvgIpc) is 2.55. The molecular weight excluding hydrogens is 304 g/mol. The Morgan fingerprint density at radius 3 is 2.38 bits per heavy atom. The third-order valence-corrected chi connectivity index (χ3v) is 3.55. The molecular formula is C19H22N2O3. The Labute approximate surface area is 142 Å². The van der Waals surface area contributed by atoms with Gasteiger partial charge in [-0.1, -0.05) is 32.9 Å². The minimum Gasteiger partial charge on any atom is -0.462 e. The minimum atomic E-state index is -0.510. The van der Waals surface area contributed by atoms with Crippen molar-refractivity contribution in [1.29, 1.82) is 0 Å². The Morgan fingerprint density at radius 1 is 1.12 bits per heavy atom. The van der Waals surface area contributed by atoms with Gasteiger partial charge >= 0.3 is 5.97 Å². The molecule has 0 aliphatic carbocycles. The highest BCUT2D eigenvalue weighted by Crippen LogP contribution is 2.22. The number of anilines is 1. The predicted octanol–water partition coefficient (Wildman–Crippen LogP) is 3.81. The number of carbonyl (C=O) groups is 2. The molecule has 0 spiro atoms. The van der Waals surface area contributed by atoms with E-state index >= 15 is 0 Å². The van der Waals surface area contributed by atoms with Crippen LogP contribution in [0.3, 0.4) is 0 Å². The molecule has 1 aromatic carbocycles. The first-order valence-electron chi connectivity index (χ1n) is 7.87. The lowest BCUT2D eigenvalue weighted by molar-refractivity contribution is 0.0527. The lowest BCUT2D eigenvalue weighted by Crippen LogP contribution is -2.17. The summed E-state index contributed by atoms with van der Waals surface area (Å²) < 4.78 is 4.98. The van der Waals surface area contributed by atoms with Gasteiger partial charge in [0.05, 0.1) is 6.61 Å². The van der Waals surface area contributed by atoms with Crippen molar-refractivity contribution in [1.82, 2.24) is 4.98 Å². The summed E-state index contributed by atoms with van der Waals surface area (Å²) in [4.78, 5) is 28.4. The molecule has 1 N–H and O–H groups in total. The molecule has 0 unspecified atom stereocenters. The van der Waals surface area contributed by atoms with Gasteiger partial charge in [0.2, 0.25) is 0 Å². The largest absolute Gasteiger partial charge is 0.462 e. The second-order valence-electron chi connectivity index (χ2n) is 6.40. The van der Waals surface area contributed by atoms with Crippen LogP contribution < -0.4 is 5.32 Å². The molecule has 2 aromatic rings. The molecule has 0 saturated heterocycles. The van der Waals surface area contributed by atoms with Crippen molar-refractivity contribution >= 4 is 17.7 Å². The van der Waals surface area contributed by atoms with E-state index in [-0.39, 0.29) is 29.3 Å². The van der Waals surface area contributed by atoms with Gasteiger partial charge in [-0.2, -0.15) is 0 Å². The van der Waals surface area contributed by atoms with Crippen LogP contribution in [0.4, 0.5) is 5.82 Å². The third-order valence-electron chi connectivity index (χ3n) is 3.55. The Bertz CT molecular complexity index is 731. The van der Waals surface area contributed by atoms with E-state index in [2.05, 4.69) is 31.1 Å². The number of nitrogens with zero attached hydrogens (tertiary/aromatic N) is 1. The Hall–Kier alpha value is -2.69. The van der Waals surface area contributed by atoms with Gasteiger partial charge in [0.25, 0.3) is 5.91 Å². The number of ether oxygens (including phenoxy) is 1. The first-order valence-corrected chi connectivity index (χ1v) is 7.87. The number of amides is 1. The van der Waals surface area contributed by atoms with Gasteiger partial charge < -0.3 is 10.1 Å². The number of esters is 1. The monoisotopic (exact) mass is 326 g/mol. The van der Waals surface area contributed by atoms with E-state index in [4.69, 9.17) is 4.74 Å². The van der Waals surface area contributed by atoms with E-state index in [0.29, 0.717) is 5.56 Å². The number of pyridine rings is 1. The Balaban J connectivity index is 2.20. The van der Waals surface area contributed by atoms with E-state index < -0.39 is 5.97 Å². The number of benzene rings is 1. The van der Waals surface area contributed by atoms with Crippen molar-refractivity contribution in [3.63, 3.8) is 0 Å². The van der Waals surface area contributed by atoms with Crippen LogP contribution in [0, 0.1) is 0 Å².